The number of alkyl halides is 2. The van der Waals surface area contributed by atoms with Crippen molar-refractivity contribution in [3.8, 4) is 0 Å². The first kappa shape index (κ1) is 12.2. The van der Waals surface area contributed by atoms with Crippen molar-refractivity contribution in [3.05, 3.63) is 35.4 Å². The predicted octanol–water partition coefficient (Wildman–Crippen LogP) is 3.97. The van der Waals surface area contributed by atoms with Crippen LogP contribution in [0, 0.1) is 0 Å². The quantitative estimate of drug-likeness (QED) is 0.728. The number of hydrogen-bond acceptors (Lipinski definition) is 1. The summed E-state index contributed by atoms with van der Waals surface area (Å²) in [5.41, 5.74) is -0.235. The lowest BCUT2D eigenvalue weighted by Crippen LogP contribution is -2.41. The molecule has 0 aromatic heterocycles. The van der Waals surface area contributed by atoms with Crippen molar-refractivity contribution in [2.45, 2.75) is 43.9 Å². The monoisotopic (exact) mass is 238 g/mol. The third-order valence-electron chi connectivity index (χ3n) is 3.90. The Morgan fingerprint density at radius 2 is 1.82 bits per heavy atom. The van der Waals surface area contributed by atoms with Crippen molar-refractivity contribution in [3.63, 3.8) is 0 Å². The number of carbonyl (C=O) groups is 1. The molecule has 0 N–H and O–H groups in total. The Bertz CT molecular complexity index is 414. The van der Waals surface area contributed by atoms with Crippen molar-refractivity contribution in [2.24, 2.45) is 0 Å². The van der Waals surface area contributed by atoms with Crippen molar-refractivity contribution in [2.75, 3.05) is 0 Å². The smallest absolute Gasteiger partial charge is 0.254 e. The van der Waals surface area contributed by atoms with E-state index in [-0.39, 0.29) is 0 Å². The molecule has 17 heavy (non-hydrogen) atoms. The average Bonchev–Trinajstić information content (AvgIpc) is 2.78. The third kappa shape index (κ3) is 1.88. The van der Waals surface area contributed by atoms with E-state index in [1.165, 1.54) is 0 Å². The van der Waals surface area contributed by atoms with Gasteiger partial charge in [-0.1, -0.05) is 37.1 Å². The minimum atomic E-state index is -2.79. The lowest BCUT2D eigenvalue weighted by atomic mass is 9.72. The van der Waals surface area contributed by atoms with Gasteiger partial charge < -0.3 is 0 Å². The highest BCUT2D eigenvalue weighted by atomic mass is 19.3. The van der Waals surface area contributed by atoms with Gasteiger partial charge in [0.2, 0.25) is 0 Å². The number of aldehydes is 1. The predicted molar refractivity (Wildman–Crippen MR) is 62.6 cm³/mol. The van der Waals surface area contributed by atoms with Gasteiger partial charge in [-0.25, -0.2) is 8.78 Å². The summed E-state index contributed by atoms with van der Waals surface area (Å²) < 4.78 is 27.9. The zero-order valence-electron chi connectivity index (χ0n) is 9.88. The summed E-state index contributed by atoms with van der Waals surface area (Å²) in [6, 6.07) is 6.73. The third-order valence-corrected chi connectivity index (χ3v) is 3.90. The molecule has 0 aliphatic heterocycles. The molecule has 1 saturated carbocycles. The van der Waals surface area contributed by atoms with E-state index in [9.17, 15) is 13.6 Å². The largest absolute Gasteiger partial charge is 0.298 e. The Balaban J connectivity index is 2.58. The maximum atomic E-state index is 14.0. The zero-order valence-corrected chi connectivity index (χ0v) is 9.88. The standard InChI is InChI=1S/C14H16F2O/c1-13(15,16)14(8-4-5-9-14)12-7-3-2-6-11(12)10-17/h2-3,6-7,10H,4-5,8-9H2,1H3. The fourth-order valence-electron chi connectivity index (χ4n) is 2.96. The molecule has 0 atom stereocenters. The minimum Gasteiger partial charge on any atom is -0.298 e. The first-order chi connectivity index (χ1) is 8.01. The second kappa shape index (κ2) is 4.21. The van der Waals surface area contributed by atoms with Gasteiger partial charge in [-0.05, 0) is 18.4 Å². The summed E-state index contributed by atoms with van der Waals surface area (Å²) in [7, 11) is 0. The van der Waals surface area contributed by atoms with E-state index in [0.29, 0.717) is 30.3 Å². The normalized spacial score (nSPS) is 19.2. The Morgan fingerprint density at radius 3 is 2.35 bits per heavy atom. The maximum absolute atomic E-state index is 14.0. The highest BCUT2D eigenvalue weighted by molar-refractivity contribution is 5.78. The second-order valence-electron chi connectivity index (χ2n) is 4.88. The lowest BCUT2D eigenvalue weighted by Gasteiger charge is -2.36. The van der Waals surface area contributed by atoms with Crippen molar-refractivity contribution in [1.82, 2.24) is 0 Å². The van der Waals surface area contributed by atoms with E-state index in [1.54, 1.807) is 24.3 Å². The molecule has 0 spiro atoms. The molecule has 1 aromatic carbocycles. The molecule has 3 heteroatoms. The number of hydrogen-bond donors (Lipinski definition) is 0. The van der Waals surface area contributed by atoms with Crippen LogP contribution in [0.5, 0.6) is 0 Å². The molecule has 1 aliphatic carbocycles. The van der Waals surface area contributed by atoms with Crippen LogP contribution < -0.4 is 0 Å². The van der Waals surface area contributed by atoms with Crippen LogP contribution in [-0.2, 0) is 5.41 Å². The van der Waals surface area contributed by atoms with Gasteiger partial charge >= 0.3 is 0 Å². The molecule has 0 saturated heterocycles. The number of rotatable bonds is 3. The second-order valence-corrected chi connectivity index (χ2v) is 4.88. The van der Waals surface area contributed by atoms with Gasteiger partial charge in [-0.2, -0.15) is 0 Å². The Morgan fingerprint density at radius 1 is 1.24 bits per heavy atom. The van der Waals surface area contributed by atoms with E-state index in [2.05, 4.69) is 0 Å². The summed E-state index contributed by atoms with van der Waals surface area (Å²) in [6.07, 6.45) is 3.21. The molecular formula is C14H16F2O. The highest BCUT2D eigenvalue weighted by Crippen LogP contribution is 2.51. The highest BCUT2D eigenvalue weighted by Gasteiger charge is 2.53. The first-order valence-electron chi connectivity index (χ1n) is 5.94. The Kier molecular flexibility index (Phi) is 3.02. The van der Waals surface area contributed by atoms with Crippen LogP contribution in [0.25, 0.3) is 0 Å². The Labute approximate surface area is 99.8 Å². The SMILES string of the molecule is CC(F)(F)C1(c2ccccc2C=O)CCCC1. The molecule has 2 rings (SSSR count). The van der Waals surface area contributed by atoms with Gasteiger partial charge in [0.15, 0.2) is 0 Å². The van der Waals surface area contributed by atoms with Gasteiger partial charge in [-0.15, -0.1) is 0 Å². The van der Waals surface area contributed by atoms with Crippen molar-refractivity contribution in [1.29, 1.82) is 0 Å². The van der Waals surface area contributed by atoms with Crippen molar-refractivity contribution >= 4 is 6.29 Å². The molecule has 1 aromatic rings. The van der Waals surface area contributed by atoms with Crippen molar-refractivity contribution < 1.29 is 13.6 Å². The summed E-state index contributed by atoms with van der Waals surface area (Å²) >= 11 is 0. The zero-order chi connectivity index (χ0) is 12.5. The minimum absolute atomic E-state index is 0.399. The molecule has 1 fully saturated rings. The Hall–Kier alpha value is -1.25. The lowest BCUT2D eigenvalue weighted by molar-refractivity contribution is -0.0601. The summed E-state index contributed by atoms with van der Waals surface area (Å²) in [4.78, 5) is 11.0. The molecule has 1 aliphatic rings. The van der Waals surface area contributed by atoms with E-state index in [4.69, 9.17) is 0 Å². The first-order valence-corrected chi connectivity index (χ1v) is 5.94. The summed E-state index contributed by atoms with van der Waals surface area (Å²) in [6.45, 7) is 0.972. The molecule has 0 bridgehead atoms. The van der Waals surface area contributed by atoms with Gasteiger partial charge in [0.25, 0.3) is 5.92 Å². The number of halogens is 2. The molecule has 1 nitrogen and oxygen atoms in total. The van der Waals surface area contributed by atoms with Gasteiger partial charge in [0.1, 0.15) is 6.29 Å². The van der Waals surface area contributed by atoms with Gasteiger partial charge in [0, 0.05) is 12.5 Å². The van der Waals surface area contributed by atoms with Crippen LogP contribution in [0.2, 0.25) is 0 Å². The average molecular weight is 238 g/mol. The number of carbonyl (C=O) groups excluding carboxylic acids is 1. The fourth-order valence-corrected chi connectivity index (χ4v) is 2.96. The summed E-state index contributed by atoms with van der Waals surface area (Å²) in [5, 5.41) is 0. The maximum Gasteiger partial charge on any atom is 0.254 e. The van der Waals surface area contributed by atoms with Crippen LogP contribution >= 0.6 is 0 Å². The van der Waals surface area contributed by atoms with E-state index in [1.807, 2.05) is 0 Å². The van der Waals surface area contributed by atoms with Crippen LogP contribution in [0.3, 0.4) is 0 Å². The molecular weight excluding hydrogens is 222 g/mol. The van der Waals surface area contributed by atoms with Gasteiger partial charge in [0.05, 0.1) is 5.41 Å². The molecule has 0 radical (unpaired) electrons. The van der Waals surface area contributed by atoms with E-state index < -0.39 is 11.3 Å². The fraction of sp³-hybridized carbons (Fsp3) is 0.500. The summed E-state index contributed by atoms with van der Waals surface area (Å²) in [5.74, 6) is -2.79. The molecule has 0 amide bonds. The van der Waals surface area contributed by atoms with Crippen LogP contribution in [0.15, 0.2) is 24.3 Å². The van der Waals surface area contributed by atoms with Gasteiger partial charge in [-0.3, -0.25) is 4.79 Å². The van der Waals surface area contributed by atoms with E-state index >= 15 is 0 Å². The molecule has 0 heterocycles. The number of benzene rings is 1. The van der Waals surface area contributed by atoms with Crippen LogP contribution in [0.1, 0.15) is 48.5 Å². The topological polar surface area (TPSA) is 17.1 Å². The molecule has 92 valence electrons. The molecule has 0 unspecified atom stereocenters. The van der Waals surface area contributed by atoms with Crippen LogP contribution in [0.4, 0.5) is 8.78 Å². The van der Waals surface area contributed by atoms with E-state index in [0.717, 1.165) is 19.8 Å². The van der Waals surface area contributed by atoms with Crippen LogP contribution in [-0.4, -0.2) is 12.2 Å².